The van der Waals surface area contributed by atoms with Gasteiger partial charge in [0.2, 0.25) is 0 Å². The maximum atomic E-state index is 12.4. The molecule has 1 aromatic carbocycles. The number of fused-ring (bicyclic) bond motifs is 1. The Labute approximate surface area is 157 Å². The summed E-state index contributed by atoms with van der Waals surface area (Å²) in [5.74, 6) is -2.31. The molecule has 2 aliphatic heterocycles. The summed E-state index contributed by atoms with van der Waals surface area (Å²) in [7, 11) is 0. The smallest absolute Gasteiger partial charge is 0.329 e. The van der Waals surface area contributed by atoms with Crippen LogP contribution in [0, 0.1) is 5.92 Å². The van der Waals surface area contributed by atoms with E-state index in [0.29, 0.717) is 44.1 Å². The van der Waals surface area contributed by atoms with Crippen LogP contribution in [0.4, 0.5) is 4.79 Å². The summed E-state index contributed by atoms with van der Waals surface area (Å²) in [6.45, 7) is 6.00. The van der Waals surface area contributed by atoms with E-state index in [4.69, 9.17) is 4.84 Å². The Morgan fingerprint density at radius 2 is 1.56 bits per heavy atom. The third-order valence-corrected chi connectivity index (χ3v) is 5.07. The van der Waals surface area contributed by atoms with Crippen molar-refractivity contribution in [1.82, 2.24) is 14.9 Å². The second-order valence-corrected chi connectivity index (χ2v) is 6.58. The molecular weight excluding hydrogens is 350 g/mol. The van der Waals surface area contributed by atoms with Gasteiger partial charge in [-0.3, -0.25) is 9.59 Å². The van der Waals surface area contributed by atoms with Crippen molar-refractivity contribution < 1.29 is 24.0 Å². The summed E-state index contributed by atoms with van der Waals surface area (Å²) in [4.78, 5) is 57.9. The summed E-state index contributed by atoms with van der Waals surface area (Å²) >= 11 is 0. The van der Waals surface area contributed by atoms with E-state index < -0.39 is 23.7 Å². The van der Waals surface area contributed by atoms with Crippen molar-refractivity contribution >= 4 is 23.8 Å². The number of nitrogens with zero attached hydrogens (tertiary/aromatic N) is 3. The minimum absolute atomic E-state index is 0.0350. The summed E-state index contributed by atoms with van der Waals surface area (Å²) in [5.41, 5.74) is 0.463. The van der Waals surface area contributed by atoms with E-state index in [-0.39, 0.29) is 17.2 Å². The number of benzene rings is 1. The van der Waals surface area contributed by atoms with Gasteiger partial charge in [-0.15, -0.1) is 0 Å². The van der Waals surface area contributed by atoms with Gasteiger partial charge in [0.15, 0.2) is 0 Å². The molecule has 1 saturated heterocycles. The highest BCUT2D eigenvalue weighted by molar-refractivity contribution is 6.20. The molecule has 0 aromatic heterocycles. The highest BCUT2D eigenvalue weighted by atomic mass is 16.7. The first-order valence-electron chi connectivity index (χ1n) is 9.21. The Kier molecular flexibility index (Phi) is 5.43. The zero-order valence-corrected chi connectivity index (χ0v) is 15.5. The molecule has 0 atom stereocenters. The zero-order chi connectivity index (χ0) is 19.6. The van der Waals surface area contributed by atoms with E-state index >= 15 is 0 Å². The van der Waals surface area contributed by atoms with E-state index in [1.165, 1.54) is 12.1 Å². The average Bonchev–Trinajstić information content (AvgIpc) is 2.94. The van der Waals surface area contributed by atoms with Crippen molar-refractivity contribution in [3.8, 4) is 0 Å². The number of carbonyl (C=O) groups excluding carboxylic acids is 4. The number of hydrogen-bond donors (Lipinski definition) is 0. The van der Waals surface area contributed by atoms with E-state index in [1.54, 1.807) is 21.9 Å². The number of carbonyl (C=O) groups is 4. The molecule has 2 heterocycles. The number of imide groups is 1. The molecule has 0 aliphatic carbocycles. The first kappa shape index (κ1) is 18.9. The molecule has 0 bridgehead atoms. The molecule has 144 valence electrons. The molecule has 0 radical (unpaired) electrons. The largest absolute Gasteiger partial charge is 0.336 e. The maximum absolute atomic E-state index is 12.4. The fourth-order valence-electron chi connectivity index (χ4n) is 3.42. The normalized spacial score (nSPS) is 17.1. The Balaban J connectivity index is 1.57. The third kappa shape index (κ3) is 3.51. The lowest BCUT2D eigenvalue weighted by atomic mass is 9.97. The van der Waals surface area contributed by atoms with Gasteiger partial charge in [-0.2, -0.15) is 0 Å². The summed E-state index contributed by atoms with van der Waals surface area (Å²) < 4.78 is 0. The Hall–Kier alpha value is -2.90. The fourth-order valence-corrected chi connectivity index (χ4v) is 3.42. The number of likely N-dealkylation sites (tertiary alicyclic amines) is 1. The van der Waals surface area contributed by atoms with Crippen molar-refractivity contribution in [3.05, 3.63) is 35.4 Å². The molecule has 4 amide bonds. The van der Waals surface area contributed by atoms with Crippen LogP contribution in [-0.2, 0) is 9.63 Å². The maximum Gasteiger partial charge on any atom is 0.336 e. The van der Waals surface area contributed by atoms with Gasteiger partial charge in [0, 0.05) is 26.2 Å². The number of hydrogen-bond acceptors (Lipinski definition) is 5. The number of hydroxylamine groups is 2. The lowest BCUT2D eigenvalue weighted by Gasteiger charge is -2.34. The molecule has 2 aliphatic rings. The number of urea groups is 1. The SMILES string of the molecule is CCN(CC)C(=O)N1CCC(C(=O)ON2C(=O)c3ccccc3C2=O)CC1. The predicted molar refractivity (Wildman–Crippen MR) is 95.6 cm³/mol. The zero-order valence-electron chi connectivity index (χ0n) is 15.5. The minimum atomic E-state index is -0.627. The van der Waals surface area contributed by atoms with E-state index in [9.17, 15) is 19.2 Å². The molecular formula is C19H23N3O5. The predicted octanol–water partition coefficient (Wildman–Crippen LogP) is 1.91. The van der Waals surface area contributed by atoms with Crippen LogP contribution in [0.5, 0.6) is 0 Å². The highest BCUT2D eigenvalue weighted by Crippen LogP contribution is 2.25. The lowest BCUT2D eigenvalue weighted by Crippen LogP contribution is -2.48. The van der Waals surface area contributed by atoms with E-state index in [1.807, 2.05) is 13.8 Å². The third-order valence-electron chi connectivity index (χ3n) is 5.07. The van der Waals surface area contributed by atoms with Crippen LogP contribution in [0.1, 0.15) is 47.4 Å². The van der Waals surface area contributed by atoms with E-state index in [0.717, 1.165) is 0 Å². The second kappa shape index (κ2) is 7.77. The van der Waals surface area contributed by atoms with Crippen molar-refractivity contribution in [2.45, 2.75) is 26.7 Å². The second-order valence-electron chi connectivity index (χ2n) is 6.58. The van der Waals surface area contributed by atoms with Gasteiger partial charge in [-0.25, -0.2) is 9.59 Å². The van der Waals surface area contributed by atoms with Crippen LogP contribution in [0.15, 0.2) is 24.3 Å². The van der Waals surface area contributed by atoms with Crippen molar-refractivity contribution in [1.29, 1.82) is 0 Å². The number of rotatable bonds is 4. The van der Waals surface area contributed by atoms with Crippen LogP contribution in [-0.4, -0.2) is 64.9 Å². The molecule has 0 saturated carbocycles. The standard InChI is InChI=1S/C19H23N3O5/c1-3-20(4-2)19(26)21-11-9-13(10-12-21)18(25)27-22-16(23)14-7-5-6-8-15(14)17(22)24/h5-8,13H,3-4,9-12H2,1-2H3. The first-order valence-corrected chi connectivity index (χ1v) is 9.21. The molecule has 3 rings (SSSR count). The highest BCUT2D eigenvalue weighted by Gasteiger charge is 2.40. The molecule has 8 nitrogen and oxygen atoms in total. The average molecular weight is 373 g/mol. The van der Waals surface area contributed by atoms with Crippen LogP contribution < -0.4 is 0 Å². The molecule has 0 spiro atoms. The number of piperidine rings is 1. The topological polar surface area (TPSA) is 87.2 Å². The van der Waals surface area contributed by atoms with E-state index in [2.05, 4.69) is 0 Å². The van der Waals surface area contributed by atoms with Gasteiger partial charge < -0.3 is 14.6 Å². The molecule has 1 aromatic rings. The summed E-state index contributed by atoms with van der Waals surface area (Å²) in [5, 5.41) is 0.542. The van der Waals surface area contributed by atoms with Gasteiger partial charge in [-0.1, -0.05) is 17.2 Å². The molecule has 0 unspecified atom stereocenters. The van der Waals surface area contributed by atoms with Crippen LogP contribution in [0.25, 0.3) is 0 Å². The van der Waals surface area contributed by atoms with Gasteiger partial charge >= 0.3 is 12.0 Å². The summed E-state index contributed by atoms with van der Waals surface area (Å²) in [6.07, 6.45) is 0.879. The van der Waals surface area contributed by atoms with Gasteiger partial charge in [0.05, 0.1) is 17.0 Å². The fraction of sp³-hybridized carbons (Fsp3) is 0.474. The van der Waals surface area contributed by atoms with Crippen molar-refractivity contribution in [2.75, 3.05) is 26.2 Å². The molecule has 8 heteroatoms. The first-order chi connectivity index (χ1) is 13.0. The van der Waals surface area contributed by atoms with Crippen molar-refractivity contribution in [3.63, 3.8) is 0 Å². The van der Waals surface area contributed by atoms with Gasteiger partial charge in [0.1, 0.15) is 0 Å². The van der Waals surface area contributed by atoms with Gasteiger partial charge in [-0.05, 0) is 38.8 Å². The lowest BCUT2D eigenvalue weighted by molar-refractivity contribution is -0.175. The van der Waals surface area contributed by atoms with Crippen LogP contribution >= 0.6 is 0 Å². The Morgan fingerprint density at radius 3 is 2.04 bits per heavy atom. The van der Waals surface area contributed by atoms with Crippen LogP contribution in [0.2, 0.25) is 0 Å². The number of amides is 4. The quantitative estimate of drug-likeness (QED) is 0.753. The Bertz CT molecular complexity index is 731. The monoisotopic (exact) mass is 373 g/mol. The molecule has 27 heavy (non-hydrogen) atoms. The minimum Gasteiger partial charge on any atom is -0.329 e. The summed E-state index contributed by atoms with van der Waals surface area (Å²) in [6, 6.07) is 6.32. The van der Waals surface area contributed by atoms with Crippen LogP contribution in [0.3, 0.4) is 0 Å². The van der Waals surface area contributed by atoms with Crippen molar-refractivity contribution in [2.24, 2.45) is 5.92 Å². The molecule has 0 N–H and O–H groups in total. The molecule has 1 fully saturated rings. The Morgan fingerprint density at radius 1 is 1.04 bits per heavy atom. The van der Waals surface area contributed by atoms with Gasteiger partial charge in [0.25, 0.3) is 11.8 Å².